The van der Waals surface area contributed by atoms with Gasteiger partial charge in [-0.1, -0.05) is 60.7 Å². The smallest absolute Gasteiger partial charge is 0.0725 e. The van der Waals surface area contributed by atoms with Crippen LogP contribution >= 0.6 is 0 Å². The Hall–Kier alpha value is -1.68. The standard InChI is InChI=1S/C18H22N2O/c19-16(11-14-7-3-1-4-8-14)13-18(21)17(20)12-15-9-5-2-6-10-15/h1-10,16-21H,11-13H2/t16-,17-,18-/m0/s1. The van der Waals surface area contributed by atoms with Gasteiger partial charge in [0.15, 0.2) is 0 Å². The van der Waals surface area contributed by atoms with E-state index in [1.54, 1.807) is 0 Å². The van der Waals surface area contributed by atoms with Gasteiger partial charge in [-0.3, -0.25) is 11.5 Å². The zero-order valence-corrected chi connectivity index (χ0v) is 12.1. The van der Waals surface area contributed by atoms with Crippen molar-refractivity contribution in [2.24, 2.45) is 0 Å². The number of nitrogens with one attached hydrogen (secondary N) is 2. The Balaban J connectivity index is 1.81. The Bertz CT molecular complexity index is 515. The van der Waals surface area contributed by atoms with Gasteiger partial charge in [0.1, 0.15) is 0 Å². The zero-order valence-electron chi connectivity index (χ0n) is 12.1. The molecule has 21 heavy (non-hydrogen) atoms. The molecule has 0 bridgehead atoms. The molecule has 110 valence electrons. The summed E-state index contributed by atoms with van der Waals surface area (Å²) in [5.41, 5.74) is 18.3. The zero-order chi connectivity index (χ0) is 15.1. The van der Waals surface area contributed by atoms with E-state index in [1.165, 1.54) is 0 Å². The highest BCUT2D eigenvalue weighted by Gasteiger charge is 2.19. The van der Waals surface area contributed by atoms with Gasteiger partial charge in [-0.15, -0.1) is 0 Å². The maximum absolute atomic E-state index is 10.1. The summed E-state index contributed by atoms with van der Waals surface area (Å²) in [5.74, 6) is 0. The van der Waals surface area contributed by atoms with Gasteiger partial charge in [-0.2, -0.15) is 0 Å². The van der Waals surface area contributed by atoms with Crippen LogP contribution in [-0.2, 0) is 12.8 Å². The van der Waals surface area contributed by atoms with E-state index in [0.717, 1.165) is 11.1 Å². The summed E-state index contributed by atoms with van der Waals surface area (Å²) >= 11 is 0. The number of hydrogen-bond acceptors (Lipinski definition) is 1. The van der Waals surface area contributed by atoms with Crippen LogP contribution in [-0.4, -0.2) is 23.3 Å². The van der Waals surface area contributed by atoms with Gasteiger partial charge in [0.25, 0.3) is 0 Å². The van der Waals surface area contributed by atoms with E-state index < -0.39 is 12.1 Å². The molecule has 2 radical (unpaired) electrons. The molecule has 0 saturated carbocycles. The lowest BCUT2D eigenvalue weighted by atomic mass is 9.95. The number of hydrogen-bond donors (Lipinski definition) is 1. The molecule has 2 rings (SSSR count). The second-order valence-electron chi connectivity index (χ2n) is 5.49. The molecule has 0 fully saturated rings. The van der Waals surface area contributed by atoms with Crippen LogP contribution in [0.1, 0.15) is 17.5 Å². The Kier molecular flexibility index (Phi) is 5.93. The lowest BCUT2D eigenvalue weighted by Gasteiger charge is -2.21. The Morgan fingerprint density at radius 1 is 0.762 bits per heavy atom. The van der Waals surface area contributed by atoms with Gasteiger partial charge < -0.3 is 5.11 Å². The maximum atomic E-state index is 10.1. The molecular formula is C18H22N2O. The van der Waals surface area contributed by atoms with Crippen LogP contribution in [0.4, 0.5) is 0 Å². The number of aliphatic hydroxyl groups is 1. The summed E-state index contributed by atoms with van der Waals surface area (Å²) in [4.78, 5) is 0. The van der Waals surface area contributed by atoms with Crippen molar-refractivity contribution in [1.82, 2.24) is 11.5 Å². The van der Waals surface area contributed by atoms with Crippen molar-refractivity contribution in [2.45, 2.75) is 37.5 Å². The highest BCUT2D eigenvalue weighted by Crippen LogP contribution is 2.12. The SMILES string of the molecule is [NH][C@@H](Cc1ccccc1)C[C@H](O)[C@@H]([NH])Cc1ccccc1. The lowest BCUT2D eigenvalue weighted by Crippen LogP contribution is -2.34. The largest absolute Gasteiger partial charge is 0.391 e. The maximum Gasteiger partial charge on any atom is 0.0725 e. The molecule has 3 atom stereocenters. The highest BCUT2D eigenvalue weighted by molar-refractivity contribution is 5.17. The molecule has 3 nitrogen and oxygen atoms in total. The number of rotatable bonds is 7. The molecule has 0 aliphatic carbocycles. The average Bonchev–Trinajstić information content (AvgIpc) is 2.49. The van der Waals surface area contributed by atoms with Gasteiger partial charge >= 0.3 is 0 Å². The van der Waals surface area contributed by atoms with Gasteiger partial charge in [-0.05, 0) is 30.4 Å². The molecule has 0 spiro atoms. The van der Waals surface area contributed by atoms with Crippen LogP contribution in [0.15, 0.2) is 60.7 Å². The molecule has 3 N–H and O–H groups in total. The lowest BCUT2D eigenvalue weighted by molar-refractivity contribution is 0.123. The van der Waals surface area contributed by atoms with E-state index >= 15 is 0 Å². The van der Waals surface area contributed by atoms with Crippen molar-refractivity contribution in [2.75, 3.05) is 0 Å². The predicted octanol–water partition coefficient (Wildman–Crippen LogP) is 2.53. The second-order valence-corrected chi connectivity index (χ2v) is 5.49. The van der Waals surface area contributed by atoms with E-state index in [-0.39, 0.29) is 6.04 Å². The van der Waals surface area contributed by atoms with Crippen LogP contribution in [0, 0.1) is 0 Å². The fourth-order valence-electron chi connectivity index (χ4n) is 2.44. The predicted molar refractivity (Wildman–Crippen MR) is 84.7 cm³/mol. The Morgan fingerprint density at radius 2 is 1.24 bits per heavy atom. The topological polar surface area (TPSA) is 67.8 Å². The van der Waals surface area contributed by atoms with E-state index in [9.17, 15) is 5.11 Å². The molecule has 0 aliphatic rings. The summed E-state index contributed by atoms with van der Waals surface area (Å²) in [5, 5.41) is 10.1. The van der Waals surface area contributed by atoms with Gasteiger partial charge in [0, 0.05) is 6.04 Å². The molecule has 0 heterocycles. The van der Waals surface area contributed by atoms with Crippen LogP contribution in [0.25, 0.3) is 0 Å². The van der Waals surface area contributed by atoms with Crippen molar-refractivity contribution < 1.29 is 5.11 Å². The minimum atomic E-state index is -0.753. The van der Waals surface area contributed by atoms with Crippen molar-refractivity contribution in [3.05, 3.63) is 71.8 Å². The van der Waals surface area contributed by atoms with Crippen LogP contribution in [0.3, 0.4) is 0 Å². The first-order valence-electron chi connectivity index (χ1n) is 7.33. The van der Waals surface area contributed by atoms with Gasteiger partial charge in [0.05, 0.1) is 12.1 Å². The summed E-state index contributed by atoms with van der Waals surface area (Å²) in [7, 11) is 0. The second kappa shape index (κ2) is 7.93. The van der Waals surface area contributed by atoms with Crippen molar-refractivity contribution in [3.63, 3.8) is 0 Å². The van der Waals surface area contributed by atoms with Crippen molar-refractivity contribution in [1.29, 1.82) is 0 Å². The summed E-state index contributed by atoms with van der Waals surface area (Å²) in [6, 6.07) is 18.7. The molecular weight excluding hydrogens is 260 g/mol. The van der Waals surface area contributed by atoms with Crippen molar-refractivity contribution in [3.8, 4) is 0 Å². The highest BCUT2D eigenvalue weighted by atomic mass is 16.3. The molecule has 0 saturated heterocycles. The minimum Gasteiger partial charge on any atom is -0.391 e. The first-order valence-corrected chi connectivity index (χ1v) is 7.33. The number of aliphatic hydroxyl groups excluding tert-OH is 1. The quantitative estimate of drug-likeness (QED) is 0.833. The summed E-state index contributed by atoms with van der Waals surface area (Å²) in [6.45, 7) is 0. The molecule has 0 aromatic heterocycles. The fraction of sp³-hybridized carbons (Fsp3) is 0.333. The van der Waals surface area contributed by atoms with Gasteiger partial charge in [0.2, 0.25) is 0 Å². The first-order chi connectivity index (χ1) is 10.1. The average molecular weight is 282 g/mol. The third kappa shape index (κ3) is 5.31. The monoisotopic (exact) mass is 282 g/mol. The van der Waals surface area contributed by atoms with Crippen molar-refractivity contribution >= 4 is 0 Å². The number of benzene rings is 2. The first kappa shape index (κ1) is 15.7. The van der Waals surface area contributed by atoms with Gasteiger partial charge in [-0.25, -0.2) is 0 Å². The van der Waals surface area contributed by atoms with Crippen LogP contribution in [0.5, 0.6) is 0 Å². The normalized spacial score (nSPS) is 15.4. The molecule has 0 unspecified atom stereocenters. The van der Waals surface area contributed by atoms with E-state index in [2.05, 4.69) is 0 Å². The molecule has 3 heteroatoms. The van der Waals surface area contributed by atoms with Crippen LogP contribution in [0.2, 0.25) is 0 Å². The molecule has 0 amide bonds. The summed E-state index contributed by atoms with van der Waals surface area (Å²) in [6.07, 6.45) is 0.739. The van der Waals surface area contributed by atoms with Crippen LogP contribution < -0.4 is 11.5 Å². The summed E-state index contributed by atoms with van der Waals surface area (Å²) < 4.78 is 0. The molecule has 0 aliphatic heterocycles. The van der Waals surface area contributed by atoms with E-state index in [0.29, 0.717) is 19.3 Å². The Labute approximate surface area is 126 Å². The van der Waals surface area contributed by atoms with E-state index in [1.807, 2.05) is 60.7 Å². The Morgan fingerprint density at radius 3 is 1.76 bits per heavy atom. The molecule has 2 aromatic carbocycles. The third-order valence-corrected chi connectivity index (χ3v) is 3.61. The minimum absolute atomic E-state index is 0.343. The molecule has 2 aromatic rings. The van der Waals surface area contributed by atoms with E-state index in [4.69, 9.17) is 11.5 Å². The third-order valence-electron chi connectivity index (χ3n) is 3.61. The fourth-order valence-corrected chi connectivity index (χ4v) is 2.44.